The molecular formula is C39H40F3N3O3. The number of para-hydroxylation sites is 2. The number of unbranched alkanes of at least 4 members (excludes halogenated alkanes) is 2. The number of rotatable bonds is 11. The third-order valence-electron chi connectivity index (χ3n) is 9.18. The van der Waals surface area contributed by atoms with Gasteiger partial charge in [-0.25, -0.2) is 5.01 Å². The van der Waals surface area contributed by atoms with Gasteiger partial charge in [0.2, 0.25) is 5.91 Å². The van der Waals surface area contributed by atoms with Gasteiger partial charge in [0.1, 0.15) is 18.0 Å². The van der Waals surface area contributed by atoms with Crippen molar-refractivity contribution < 1.29 is 27.5 Å². The number of alkyl halides is 3. The molecule has 48 heavy (non-hydrogen) atoms. The van der Waals surface area contributed by atoms with E-state index in [9.17, 15) is 22.8 Å². The summed E-state index contributed by atoms with van der Waals surface area (Å²) >= 11 is 0. The van der Waals surface area contributed by atoms with Gasteiger partial charge in [0.15, 0.2) is 0 Å². The minimum absolute atomic E-state index is 0.189. The second-order valence-electron chi connectivity index (χ2n) is 12.5. The summed E-state index contributed by atoms with van der Waals surface area (Å²) in [4.78, 5) is 27.8. The summed E-state index contributed by atoms with van der Waals surface area (Å²) in [5.41, 5.74) is 4.76. The first-order chi connectivity index (χ1) is 23.2. The molecule has 250 valence electrons. The number of benzene rings is 4. The molecule has 0 aromatic heterocycles. The van der Waals surface area contributed by atoms with E-state index in [1.807, 2.05) is 60.7 Å². The Morgan fingerprint density at radius 3 is 2.29 bits per heavy atom. The topological polar surface area (TPSA) is 61.9 Å². The van der Waals surface area contributed by atoms with E-state index in [1.165, 1.54) is 5.01 Å². The predicted octanol–water partition coefficient (Wildman–Crippen LogP) is 8.52. The van der Waals surface area contributed by atoms with Crippen LogP contribution in [0.4, 0.5) is 13.2 Å². The Bertz CT molecular complexity index is 1740. The Labute approximate surface area is 279 Å². The number of hydrogen-bond donors (Lipinski definition) is 1. The third-order valence-corrected chi connectivity index (χ3v) is 9.18. The summed E-state index contributed by atoms with van der Waals surface area (Å²) in [7, 11) is 0. The van der Waals surface area contributed by atoms with Crippen LogP contribution in [0.3, 0.4) is 0 Å². The highest BCUT2D eigenvalue weighted by atomic mass is 19.4. The number of aryl methyl sites for hydroxylation is 1. The van der Waals surface area contributed by atoms with Crippen LogP contribution in [0.5, 0.6) is 11.5 Å². The number of fused-ring (bicyclic) bond motifs is 3. The molecule has 0 saturated carbocycles. The summed E-state index contributed by atoms with van der Waals surface area (Å²) in [6.07, 6.45) is -0.0414. The summed E-state index contributed by atoms with van der Waals surface area (Å²) < 4.78 is 48.3. The smallest absolute Gasteiger partial charge is 0.407 e. The fourth-order valence-corrected chi connectivity index (χ4v) is 6.89. The first-order valence-electron chi connectivity index (χ1n) is 16.7. The van der Waals surface area contributed by atoms with Crippen LogP contribution >= 0.6 is 0 Å². The Morgan fingerprint density at radius 1 is 0.854 bits per heavy atom. The first-order valence-corrected chi connectivity index (χ1v) is 16.7. The molecule has 1 heterocycles. The lowest BCUT2D eigenvalue weighted by Gasteiger charge is -2.41. The van der Waals surface area contributed by atoms with Crippen molar-refractivity contribution in [1.29, 1.82) is 0 Å². The average molecular weight is 656 g/mol. The zero-order valence-corrected chi connectivity index (χ0v) is 27.0. The van der Waals surface area contributed by atoms with E-state index in [0.717, 1.165) is 58.5 Å². The van der Waals surface area contributed by atoms with Crippen LogP contribution in [-0.2, 0) is 11.2 Å². The minimum atomic E-state index is -4.59. The molecule has 6 nitrogen and oxygen atoms in total. The molecule has 0 radical (unpaired) electrons. The van der Waals surface area contributed by atoms with Gasteiger partial charge in [0.05, 0.1) is 11.5 Å². The van der Waals surface area contributed by atoms with Crippen molar-refractivity contribution in [3.63, 3.8) is 0 Å². The van der Waals surface area contributed by atoms with E-state index in [2.05, 4.69) is 12.2 Å². The van der Waals surface area contributed by atoms with E-state index >= 15 is 0 Å². The van der Waals surface area contributed by atoms with Gasteiger partial charge in [-0.05, 0) is 77.8 Å². The van der Waals surface area contributed by atoms with Crippen LogP contribution in [0, 0.1) is 0 Å². The van der Waals surface area contributed by atoms with Crippen molar-refractivity contribution in [2.24, 2.45) is 0 Å². The number of amides is 2. The predicted molar refractivity (Wildman–Crippen MR) is 180 cm³/mol. The van der Waals surface area contributed by atoms with Gasteiger partial charge in [-0.2, -0.15) is 13.2 Å². The maximum Gasteiger partial charge on any atom is 0.407 e. The lowest BCUT2D eigenvalue weighted by Crippen LogP contribution is -2.56. The molecular weight excluding hydrogens is 615 g/mol. The standard InChI is InChI=1S/C39H40F3N3O3/c1-2-3-5-13-27-14-12-20-31-30-17-8-9-18-32(30)36(35(27)31)38(47)45(26-39(40,41)42)44-24-22-28(23-25-44)43-37(46)33-19-10-11-21-34(33)48-29-15-6-4-7-16-29/h4,6-12,14-21,28,36H,2-3,5,13,22-26H2,1H3,(H,43,46). The van der Waals surface area contributed by atoms with E-state index < -0.39 is 24.5 Å². The molecule has 0 spiro atoms. The van der Waals surface area contributed by atoms with Gasteiger partial charge < -0.3 is 10.1 Å². The Kier molecular flexibility index (Phi) is 10.2. The molecule has 1 aliphatic carbocycles. The van der Waals surface area contributed by atoms with E-state index in [1.54, 1.807) is 36.4 Å². The van der Waals surface area contributed by atoms with Gasteiger partial charge in [-0.1, -0.05) is 92.6 Å². The van der Waals surface area contributed by atoms with Crippen molar-refractivity contribution in [1.82, 2.24) is 15.3 Å². The van der Waals surface area contributed by atoms with Gasteiger partial charge in [0, 0.05) is 19.1 Å². The van der Waals surface area contributed by atoms with Gasteiger partial charge >= 0.3 is 6.18 Å². The Hall–Kier alpha value is -4.63. The second kappa shape index (κ2) is 14.6. The van der Waals surface area contributed by atoms with Crippen LogP contribution in [0.1, 0.15) is 72.0 Å². The van der Waals surface area contributed by atoms with Crippen LogP contribution in [0.15, 0.2) is 97.1 Å². The molecule has 2 aliphatic rings. The third kappa shape index (κ3) is 7.41. The molecule has 1 saturated heterocycles. The molecule has 6 rings (SSSR count). The van der Waals surface area contributed by atoms with Crippen LogP contribution in [-0.4, -0.2) is 53.7 Å². The highest BCUT2D eigenvalue weighted by Crippen LogP contribution is 2.48. The van der Waals surface area contributed by atoms with Crippen LogP contribution < -0.4 is 10.1 Å². The number of piperidine rings is 1. The van der Waals surface area contributed by atoms with Crippen LogP contribution in [0.2, 0.25) is 0 Å². The lowest BCUT2D eigenvalue weighted by molar-refractivity contribution is -0.194. The molecule has 1 N–H and O–H groups in total. The van der Waals surface area contributed by atoms with Crippen molar-refractivity contribution in [3.8, 4) is 22.6 Å². The van der Waals surface area contributed by atoms with E-state index in [0.29, 0.717) is 29.9 Å². The molecule has 9 heteroatoms. The maximum atomic E-state index is 14.5. The number of carbonyl (C=O) groups is 2. The summed E-state index contributed by atoms with van der Waals surface area (Å²) in [6, 6.07) is 29.3. The molecule has 0 bridgehead atoms. The number of ether oxygens (including phenoxy) is 1. The largest absolute Gasteiger partial charge is 0.457 e. The molecule has 1 aliphatic heterocycles. The SMILES string of the molecule is CCCCCc1cccc2c1C(C(=O)N(CC(F)(F)F)N1CCC(NC(=O)c3ccccc3Oc3ccccc3)CC1)c1ccccc1-2. The molecule has 1 atom stereocenters. The molecule has 4 aromatic carbocycles. The fraction of sp³-hybridized carbons (Fsp3) is 0.333. The summed E-state index contributed by atoms with van der Waals surface area (Å²) in [5.74, 6) is -0.711. The van der Waals surface area contributed by atoms with Crippen molar-refractivity contribution in [3.05, 3.63) is 119 Å². The lowest BCUT2D eigenvalue weighted by atomic mass is 9.89. The highest BCUT2D eigenvalue weighted by Gasteiger charge is 2.44. The number of nitrogens with one attached hydrogen (secondary N) is 1. The van der Waals surface area contributed by atoms with Crippen molar-refractivity contribution >= 4 is 11.8 Å². The number of halogens is 3. The van der Waals surface area contributed by atoms with E-state index in [4.69, 9.17) is 4.74 Å². The number of hydrogen-bond acceptors (Lipinski definition) is 4. The molecule has 2 amide bonds. The minimum Gasteiger partial charge on any atom is -0.457 e. The van der Waals surface area contributed by atoms with Crippen LogP contribution in [0.25, 0.3) is 11.1 Å². The van der Waals surface area contributed by atoms with Gasteiger partial charge in [-0.15, -0.1) is 0 Å². The Morgan fingerprint density at radius 2 is 1.54 bits per heavy atom. The van der Waals surface area contributed by atoms with Crippen molar-refractivity contribution in [2.45, 2.75) is 63.6 Å². The normalized spacial score (nSPS) is 16.2. The number of hydrazine groups is 1. The maximum absolute atomic E-state index is 14.5. The monoisotopic (exact) mass is 655 g/mol. The fourth-order valence-electron chi connectivity index (χ4n) is 6.89. The quantitative estimate of drug-likeness (QED) is 0.165. The molecule has 1 fully saturated rings. The highest BCUT2D eigenvalue weighted by molar-refractivity contribution is 5.98. The van der Waals surface area contributed by atoms with Gasteiger partial charge in [-0.3, -0.25) is 14.6 Å². The molecule has 4 aromatic rings. The van der Waals surface area contributed by atoms with E-state index in [-0.39, 0.29) is 25.0 Å². The Balaban J connectivity index is 1.20. The van der Waals surface area contributed by atoms with Crippen molar-refractivity contribution in [2.75, 3.05) is 19.6 Å². The number of carbonyl (C=O) groups excluding carboxylic acids is 2. The zero-order valence-electron chi connectivity index (χ0n) is 27.0. The first kappa shape index (κ1) is 33.3. The summed E-state index contributed by atoms with van der Waals surface area (Å²) in [5, 5.41) is 5.48. The molecule has 1 unspecified atom stereocenters. The average Bonchev–Trinajstić information content (AvgIpc) is 3.43. The second-order valence-corrected chi connectivity index (χ2v) is 12.5. The van der Waals surface area contributed by atoms with Gasteiger partial charge in [0.25, 0.3) is 5.91 Å². The number of nitrogens with zero attached hydrogens (tertiary/aromatic N) is 2. The summed E-state index contributed by atoms with van der Waals surface area (Å²) in [6.45, 7) is 1.13. The zero-order chi connectivity index (χ0) is 33.7.